The Hall–Kier alpha value is -0.980. The van der Waals surface area contributed by atoms with Crippen LogP contribution in [0.15, 0.2) is 18.2 Å². The molecule has 1 aromatic rings. The number of ether oxygens (including phenoxy) is 1. The molecule has 78 valence electrons. The van der Waals surface area contributed by atoms with Crippen molar-refractivity contribution >= 4 is 0 Å². The van der Waals surface area contributed by atoms with E-state index < -0.39 is 0 Å². The first-order chi connectivity index (χ1) is 6.70. The van der Waals surface area contributed by atoms with Crippen molar-refractivity contribution in [1.29, 1.82) is 0 Å². The average Bonchev–Trinajstić information content (AvgIpc) is 2.18. The Balaban J connectivity index is 3.13. The second-order valence-electron chi connectivity index (χ2n) is 3.93. The second-order valence-corrected chi connectivity index (χ2v) is 3.93. The molecule has 0 aromatic heterocycles. The standard InChI is InChI=1S/C13H20O/c1-5-7-12-11(10(2)3)8-6-9-13(12)14-4/h6,8-10H,5,7H2,1-4H3. The molecule has 0 aliphatic rings. The zero-order valence-electron chi connectivity index (χ0n) is 9.63. The van der Waals surface area contributed by atoms with Crippen LogP contribution in [0.4, 0.5) is 0 Å². The third-order valence-corrected chi connectivity index (χ3v) is 2.51. The molecule has 0 spiro atoms. The third kappa shape index (κ3) is 2.28. The third-order valence-electron chi connectivity index (χ3n) is 2.51. The Bertz CT molecular complexity index is 289. The summed E-state index contributed by atoms with van der Waals surface area (Å²) in [6, 6.07) is 6.34. The highest BCUT2D eigenvalue weighted by Crippen LogP contribution is 2.28. The highest BCUT2D eigenvalue weighted by molar-refractivity contribution is 5.41. The number of hydrogen-bond donors (Lipinski definition) is 0. The van der Waals surface area contributed by atoms with Crippen LogP contribution >= 0.6 is 0 Å². The van der Waals surface area contributed by atoms with Crippen molar-refractivity contribution in [3.63, 3.8) is 0 Å². The number of benzene rings is 1. The lowest BCUT2D eigenvalue weighted by molar-refractivity contribution is 0.408. The van der Waals surface area contributed by atoms with E-state index in [9.17, 15) is 0 Å². The molecular weight excluding hydrogens is 172 g/mol. The summed E-state index contributed by atoms with van der Waals surface area (Å²) in [4.78, 5) is 0. The van der Waals surface area contributed by atoms with Crippen molar-refractivity contribution in [2.45, 2.75) is 39.5 Å². The Morgan fingerprint density at radius 1 is 1.29 bits per heavy atom. The average molecular weight is 192 g/mol. The van der Waals surface area contributed by atoms with Gasteiger partial charge in [-0.2, -0.15) is 0 Å². The summed E-state index contributed by atoms with van der Waals surface area (Å²) < 4.78 is 5.39. The van der Waals surface area contributed by atoms with Gasteiger partial charge in [0.15, 0.2) is 0 Å². The molecule has 1 heteroatoms. The van der Waals surface area contributed by atoms with Gasteiger partial charge < -0.3 is 4.74 Å². The first-order valence-electron chi connectivity index (χ1n) is 5.36. The van der Waals surface area contributed by atoms with Gasteiger partial charge in [-0.1, -0.05) is 39.3 Å². The molecule has 0 aliphatic carbocycles. The van der Waals surface area contributed by atoms with E-state index in [-0.39, 0.29) is 0 Å². The highest BCUT2D eigenvalue weighted by Gasteiger charge is 2.10. The van der Waals surface area contributed by atoms with Crippen LogP contribution in [0, 0.1) is 0 Å². The normalized spacial score (nSPS) is 10.6. The molecule has 0 aliphatic heterocycles. The summed E-state index contributed by atoms with van der Waals surface area (Å²) in [7, 11) is 1.75. The minimum atomic E-state index is 0.576. The van der Waals surface area contributed by atoms with Crippen LogP contribution in [-0.2, 0) is 6.42 Å². The van der Waals surface area contributed by atoms with E-state index in [1.54, 1.807) is 7.11 Å². The van der Waals surface area contributed by atoms with Crippen molar-refractivity contribution < 1.29 is 4.74 Å². The molecule has 0 amide bonds. The Kier molecular flexibility index (Phi) is 3.99. The van der Waals surface area contributed by atoms with Crippen LogP contribution in [-0.4, -0.2) is 7.11 Å². The Morgan fingerprint density at radius 3 is 2.50 bits per heavy atom. The topological polar surface area (TPSA) is 9.23 Å². The fourth-order valence-electron chi connectivity index (χ4n) is 1.83. The van der Waals surface area contributed by atoms with E-state index in [1.807, 2.05) is 0 Å². The molecule has 0 radical (unpaired) electrons. The highest BCUT2D eigenvalue weighted by atomic mass is 16.5. The lowest BCUT2D eigenvalue weighted by Gasteiger charge is -2.15. The van der Waals surface area contributed by atoms with Crippen molar-refractivity contribution in [2.24, 2.45) is 0 Å². The van der Waals surface area contributed by atoms with Crippen molar-refractivity contribution in [1.82, 2.24) is 0 Å². The van der Waals surface area contributed by atoms with Gasteiger partial charge in [0, 0.05) is 0 Å². The lowest BCUT2D eigenvalue weighted by atomic mass is 9.94. The largest absolute Gasteiger partial charge is 0.496 e. The maximum atomic E-state index is 5.39. The van der Waals surface area contributed by atoms with Crippen molar-refractivity contribution in [3.05, 3.63) is 29.3 Å². The monoisotopic (exact) mass is 192 g/mol. The fraction of sp³-hybridized carbons (Fsp3) is 0.538. The predicted molar refractivity (Wildman–Crippen MR) is 61.1 cm³/mol. The van der Waals surface area contributed by atoms with Gasteiger partial charge in [0.05, 0.1) is 7.11 Å². The SMILES string of the molecule is CCCc1c(OC)cccc1C(C)C. The summed E-state index contributed by atoms with van der Waals surface area (Å²) in [5.74, 6) is 1.62. The minimum Gasteiger partial charge on any atom is -0.496 e. The molecule has 0 fully saturated rings. The Labute approximate surface area is 87.1 Å². The van der Waals surface area contributed by atoms with Gasteiger partial charge in [0.25, 0.3) is 0 Å². The minimum absolute atomic E-state index is 0.576. The Morgan fingerprint density at radius 2 is 2.00 bits per heavy atom. The molecule has 1 rings (SSSR count). The van der Waals surface area contributed by atoms with Gasteiger partial charge in [-0.25, -0.2) is 0 Å². The molecule has 0 saturated heterocycles. The zero-order chi connectivity index (χ0) is 10.6. The molecule has 0 saturated carbocycles. The van der Waals surface area contributed by atoms with Crippen LogP contribution in [0.1, 0.15) is 44.2 Å². The molecule has 0 N–H and O–H groups in total. The first kappa shape index (κ1) is 11.1. The molecule has 0 atom stereocenters. The fourth-order valence-corrected chi connectivity index (χ4v) is 1.83. The quantitative estimate of drug-likeness (QED) is 0.705. The maximum Gasteiger partial charge on any atom is 0.122 e. The van der Waals surface area contributed by atoms with E-state index in [2.05, 4.69) is 39.0 Å². The van der Waals surface area contributed by atoms with Crippen molar-refractivity contribution in [3.8, 4) is 5.75 Å². The molecular formula is C13H20O. The van der Waals surface area contributed by atoms with E-state index in [0.717, 1.165) is 12.2 Å². The van der Waals surface area contributed by atoms with Gasteiger partial charge in [-0.15, -0.1) is 0 Å². The summed E-state index contributed by atoms with van der Waals surface area (Å²) in [5.41, 5.74) is 2.80. The van der Waals surface area contributed by atoms with Crippen LogP contribution in [0.3, 0.4) is 0 Å². The van der Waals surface area contributed by atoms with Crippen LogP contribution in [0.25, 0.3) is 0 Å². The van der Waals surface area contributed by atoms with Gasteiger partial charge in [-0.3, -0.25) is 0 Å². The van der Waals surface area contributed by atoms with Gasteiger partial charge in [0.1, 0.15) is 5.75 Å². The molecule has 14 heavy (non-hydrogen) atoms. The van der Waals surface area contributed by atoms with E-state index in [0.29, 0.717) is 5.92 Å². The maximum absolute atomic E-state index is 5.39. The number of rotatable bonds is 4. The van der Waals surface area contributed by atoms with Gasteiger partial charge in [0.2, 0.25) is 0 Å². The second kappa shape index (κ2) is 5.04. The smallest absolute Gasteiger partial charge is 0.122 e. The predicted octanol–water partition coefficient (Wildman–Crippen LogP) is 3.77. The van der Waals surface area contributed by atoms with Crippen LogP contribution < -0.4 is 4.74 Å². The molecule has 1 nitrogen and oxygen atoms in total. The van der Waals surface area contributed by atoms with Crippen LogP contribution in [0.2, 0.25) is 0 Å². The summed E-state index contributed by atoms with van der Waals surface area (Å²) in [6.45, 7) is 6.67. The summed E-state index contributed by atoms with van der Waals surface area (Å²) >= 11 is 0. The first-order valence-corrected chi connectivity index (χ1v) is 5.36. The van der Waals surface area contributed by atoms with Crippen molar-refractivity contribution in [2.75, 3.05) is 7.11 Å². The summed E-state index contributed by atoms with van der Waals surface area (Å²) in [6.07, 6.45) is 2.28. The van der Waals surface area contributed by atoms with Gasteiger partial charge in [-0.05, 0) is 29.5 Å². The molecule has 0 heterocycles. The van der Waals surface area contributed by atoms with E-state index >= 15 is 0 Å². The summed E-state index contributed by atoms with van der Waals surface area (Å²) in [5, 5.41) is 0. The number of hydrogen-bond acceptors (Lipinski definition) is 1. The zero-order valence-corrected chi connectivity index (χ0v) is 9.63. The van der Waals surface area contributed by atoms with E-state index in [4.69, 9.17) is 4.74 Å². The molecule has 0 bridgehead atoms. The molecule has 0 unspecified atom stereocenters. The van der Waals surface area contributed by atoms with Gasteiger partial charge >= 0.3 is 0 Å². The number of methoxy groups -OCH3 is 1. The molecule has 1 aromatic carbocycles. The lowest BCUT2D eigenvalue weighted by Crippen LogP contribution is -1.99. The van der Waals surface area contributed by atoms with Crippen LogP contribution in [0.5, 0.6) is 5.75 Å². The van der Waals surface area contributed by atoms with E-state index in [1.165, 1.54) is 17.5 Å².